The Morgan fingerprint density at radius 3 is 2.24 bits per heavy atom. The Hall–Kier alpha value is -1.20. The first-order valence-corrected chi connectivity index (χ1v) is 14.4. The summed E-state index contributed by atoms with van der Waals surface area (Å²) in [6, 6.07) is 9.32. The van der Waals surface area contributed by atoms with E-state index in [0.29, 0.717) is 6.04 Å². The van der Waals surface area contributed by atoms with Crippen molar-refractivity contribution >= 4 is 40.9 Å². The first-order valence-electron chi connectivity index (χ1n) is 13.4. The number of benzene rings is 1. The van der Waals surface area contributed by atoms with Crippen LogP contribution in [0.2, 0.25) is 0 Å². The molecule has 6 aliphatic rings. The molecule has 1 unspecified atom stereocenters. The minimum atomic E-state index is 0. The molecule has 1 amide bonds. The molecule has 0 N–H and O–H groups in total. The van der Waals surface area contributed by atoms with Crippen molar-refractivity contribution in [1.82, 2.24) is 4.90 Å². The van der Waals surface area contributed by atoms with Crippen molar-refractivity contribution < 1.29 is 4.79 Å². The lowest BCUT2D eigenvalue weighted by atomic mass is 9.53. The van der Waals surface area contributed by atoms with Gasteiger partial charge in [0.15, 0.2) is 5.17 Å². The topological polar surface area (TPSA) is 35.9 Å². The number of nitrogens with zero attached hydrogens (tertiary/aromatic N) is 3. The second-order valence-corrected chi connectivity index (χ2v) is 12.6. The Labute approximate surface area is 215 Å². The maximum absolute atomic E-state index is 12.9. The SMILES string of the molecule is CCCCc1ccc(N(C(C)=O)C2CSC(=NC34CC5CC(CC(C5)C3)C4)N2C2CC2)cc1.Cl. The zero-order chi connectivity index (χ0) is 22.6. The van der Waals surface area contributed by atoms with Gasteiger partial charge >= 0.3 is 0 Å². The molecule has 4 nitrogen and oxygen atoms in total. The summed E-state index contributed by atoms with van der Waals surface area (Å²) < 4.78 is 0. The number of unbranched alkanes of at least 4 members (excludes halogenated alkanes) is 1. The van der Waals surface area contributed by atoms with Gasteiger partial charge in [-0.1, -0.05) is 37.2 Å². The molecule has 1 atom stereocenters. The molecule has 1 aromatic rings. The van der Waals surface area contributed by atoms with Gasteiger partial charge in [-0.3, -0.25) is 14.7 Å². The predicted octanol–water partition coefficient (Wildman–Crippen LogP) is 6.67. The van der Waals surface area contributed by atoms with Crippen molar-refractivity contribution in [1.29, 1.82) is 0 Å². The first-order chi connectivity index (χ1) is 16.0. The van der Waals surface area contributed by atoms with Crippen LogP contribution in [0, 0.1) is 17.8 Å². The van der Waals surface area contributed by atoms with Gasteiger partial charge in [0.1, 0.15) is 6.17 Å². The number of carbonyl (C=O) groups is 1. The largest absolute Gasteiger partial charge is 0.327 e. The lowest BCUT2D eigenvalue weighted by Gasteiger charge is -2.55. The van der Waals surface area contributed by atoms with Gasteiger partial charge in [0.2, 0.25) is 5.91 Å². The number of aliphatic imine (C=N–C) groups is 1. The van der Waals surface area contributed by atoms with Crippen LogP contribution in [-0.2, 0) is 11.2 Å². The fourth-order valence-electron chi connectivity index (χ4n) is 7.65. The number of anilines is 1. The molecule has 186 valence electrons. The van der Waals surface area contributed by atoms with Gasteiger partial charge in [-0.05, 0) is 99.7 Å². The molecule has 6 heteroatoms. The number of amides is 1. The molecule has 5 aliphatic carbocycles. The Morgan fingerprint density at radius 2 is 1.71 bits per heavy atom. The average Bonchev–Trinajstić information content (AvgIpc) is 3.53. The van der Waals surface area contributed by atoms with E-state index in [-0.39, 0.29) is 30.0 Å². The van der Waals surface area contributed by atoms with Crippen LogP contribution >= 0.6 is 24.2 Å². The summed E-state index contributed by atoms with van der Waals surface area (Å²) in [6.45, 7) is 3.97. The fourth-order valence-corrected chi connectivity index (χ4v) is 8.93. The van der Waals surface area contributed by atoms with Crippen molar-refractivity contribution in [2.75, 3.05) is 10.7 Å². The summed E-state index contributed by atoms with van der Waals surface area (Å²) in [5.74, 6) is 3.81. The number of hydrogen-bond acceptors (Lipinski definition) is 3. The average molecular weight is 502 g/mol. The highest BCUT2D eigenvalue weighted by Crippen LogP contribution is 2.58. The lowest BCUT2D eigenvalue weighted by Crippen LogP contribution is -2.53. The van der Waals surface area contributed by atoms with Gasteiger partial charge < -0.3 is 4.90 Å². The fraction of sp³-hybridized carbons (Fsp3) is 0.714. The maximum Gasteiger partial charge on any atom is 0.225 e. The molecule has 1 aromatic carbocycles. The highest BCUT2D eigenvalue weighted by atomic mass is 35.5. The summed E-state index contributed by atoms with van der Waals surface area (Å²) in [7, 11) is 0. The highest BCUT2D eigenvalue weighted by molar-refractivity contribution is 8.14. The summed E-state index contributed by atoms with van der Waals surface area (Å²) >= 11 is 1.91. The Bertz CT molecular complexity index is 893. The van der Waals surface area contributed by atoms with Gasteiger partial charge in [-0.2, -0.15) is 0 Å². The third-order valence-corrected chi connectivity index (χ3v) is 9.88. The number of carbonyl (C=O) groups excluding carboxylic acids is 1. The Kier molecular flexibility index (Phi) is 6.98. The second-order valence-electron chi connectivity index (χ2n) is 11.6. The number of hydrogen-bond donors (Lipinski definition) is 0. The van der Waals surface area contributed by atoms with Crippen LogP contribution in [0.15, 0.2) is 29.3 Å². The number of aryl methyl sites for hydroxylation is 1. The molecule has 0 radical (unpaired) electrons. The molecule has 1 heterocycles. The predicted molar refractivity (Wildman–Crippen MR) is 145 cm³/mol. The molecular weight excluding hydrogens is 462 g/mol. The smallest absolute Gasteiger partial charge is 0.225 e. The number of amidine groups is 1. The van der Waals surface area contributed by atoms with E-state index in [4.69, 9.17) is 4.99 Å². The number of halogens is 1. The molecule has 34 heavy (non-hydrogen) atoms. The monoisotopic (exact) mass is 501 g/mol. The van der Waals surface area contributed by atoms with Crippen LogP contribution in [0.25, 0.3) is 0 Å². The van der Waals surface area contributed by atoms with Crippen LogP contribution in [0.1, 0.15) is 83.6 Å². The standard InChI is InChI=1S/C28H39N3OS.ClH/c1-3-4-5-20-6-8-24(9-7-20)30(19(2)32)26-18-33-27(31(26)25-10-11-25)29-28-15-21-12-22(16-28)14-23(13-21)17-28;/h6-9,21-23,25-26H,3-5,10-18H2,1-2H3;1H. The molecule has 0 aromatic heterocycles. The Morgan fingerprint density at radius 1 is 1.09 bits per heavy atom. The molecule has 4 bridgehead atoms. The minimum absolute atomic E-state index is 0. The van der Waals surface area contributed by atoms with E-state index < -0.39 is 0 Å². The zero-order valence-electron chi connectivity index (χ0n) is 20.7. The molecule has 1 aliphatic heterocycles. The van der Waals surface area contributed by atoms with Crippen LogP contribution in [-0.4, -0.2) is 39.5 Å². The minimum Gasteiger partial charge on any atom is -0.327 e. The molecule has 6 fully saturated rings. The first kappa shape index (κ1) is 24.5. The van der Waals surface area contributed by atoms with Crippen LogP contribution in [0.5, 0.6) is 0 Å². The number of rotatable bonds is 7. The molecule has 1 saturated heterocycles. The van der Waals surface area contributed by atoms with Crippen molar-refractivity contribution in [3.8, 4) is 0 Å². The van der Waals surface area contributed by atoms with Crippen molar-refractivity contribution in [3.63, 3.8) is 0 Å². The van der Waals surface area contributed by atoms with Gasteiger partial charge in [-0.15, -0.1) is 12.4 Å². The molecule has 7 rings (SSSR count). The summed E-state index contributed by atoms with van der Waals surface area (Å²) in [5.41, 5.74) is 2.60. The third kappa shape index (κ3) is 4.64. The second kappa shape index (κ2) is 9.69. The maximum atomic E-state index is 12.9. The molecule has 5 saturated carbocycles. The van der Waals surface area contributed by atoms with Crippen molar-refractivity contribution in [2.24, 2.45) is 22.7 Å². The van der Waals surface area contributed by atoms with E-state index in [1.807, 2.05) is 11.8 Å². The van der Waals surface area contributed by atoms with E-state index in [9.17, 15) is 4.79 Å². The van der Waals surface area contributed by atoms with Crippen molar-refractivity contribution in [3.05, 3.63) is 29.8 Å². The van der Waals surface area contributed by atoms with Gasteiger partial charge in [-0.25, -0.2) is 0 Å². The van der Waals surface area contributed by atoms with Crippen LogP contribution < -0.4 is 4.90 Å². The summed E-state index contributed by atoms with van der Waals surface area (Å²) in [5, 5.41) is 1.25. The van der Waals surface area contributed by atoms with E-state index in [1.165, 1.54) is 74.9 Å². The summed E-state index contributed by atoms with van der Waals surface area (Å²) in [4.78, 5) is 23.2. The van der Waals surface area contributed by atoms with E-state index in [1.54, 1.807) is 6.92 Å². The van der Waals surface area contributed by atoms with Gasteiger partial charge in [0, 0.05) is 24.4 Å². The van der Waals surface area contributed by atoms with Crippen LogP contribution in [0.4, 0.5) is 5.69 Å². The normalized spacial score (nSPS) is 35.0. The third-order valence-electron chi connectivity index (χ3n) is 8.85. The molecule has 0 spiro atoms. The summed E-state index contributed by atoms with van der Waals surface area (Å²) in [6.07, 6.45) is 14.4. The zero-order valence-corrected chi connectivity index (χ0v) is 22.4. The highest BCUT2D eigenvalue weighted by Gasteiger charge is 2.53. The van der Waals surface area contributed by atoms with Crippen molar-refractivity contribution in [2.45, 2.75) is 102 Å². The van der Waals surface area contributed by atoms with Crippen LogP contribution in [0.3, 0.4) is 0 Å². The van der Waals surface area contributed by atoms with E-state index >= 15 is 0 Å². The van der Waals surface area contributed by atoms with Gasteiger partial charge in [0.25, 0.3) is 0 Å². The van der Waals surface area contributed by atoms with Gasteiger partial charge in [0.05, 0.1) is 5.54 Å². The molecular formula is C28H40ClN3OS. The Balaban J connectivity index is 0.00000241. The van der Waals surface area contributed by atoms with E-state index in [2.05, 4.69) is 41.0 Å². The van der Waals surface area contributed by atoms with E-state index in [0.717, 1.165) is 35.6 Å². The lowest BCUT2D eigenvalue weighted by molar-refractivity contribution is -0.117. The quantitative estimate of drug-likeness (QED) is 0.418. The number of thioether (sulfide) groups is 1.